The number of amides is 1. The van der Waals surface area contributed by atoms with Crippen molar-refractivity contribution in [1.29, 1.82) is 0 Å². The van der Waals surface area contributed by atoms with Gasteiger partial charge in [-0.05, 0) is 94.5 Å². The van der Waals surface area contributed by atoms with Crippen LogP contribution in [0.25, 0.3) is 0 Å². The maximum absolute atomic E-state index is 13.7. The molecule has 1 aliphatic heterocycles. The molecule has 0 unspecified atom stereocenters. The number of nitrogens with zero attached hydrogens (tertiary/aromatic N) is 1. The van der Waals surface area contributed by atoms with Crippen molar-refractivity contribution in [2.24, 2.45) is 5.41 Å². The molecule has 1 amide bonds. The van der Waals surface area contributed by atoms with Crippen LogP contribution in [0.3, 0.4) is 0 Å². The number of anilines is 1. The van der Waals surface area contributed by atoms with Crippen LogP contribution in [0.1, 0.15) is 75.2 Å². The summed E-state index contributed by atoms with van der Waals surface area (Å²) < 4.78 is 28.3. The van der Waals surface area contributed by atoms with Crippen molar-refractivity contribution < 1.29 is 13.2 Å². The number of hydrogen-bond donors (Lipinski definition) is 1. The van der Waals surface area contributed by atoms with Gasteiger partial charge >= 0.3 is 0 Å². The Morgan fingerprint density at radius 1 is 0.938 bits per heavy atom. The van der Waals surface area contributed by atoms with Crippen molar-refractivity contribution in [2.45, 2.75) is 75.1 Å². The Hall–Kier alpha value is -2.18. The highest BCUT2D eigenvalue weighted by atomic mass is 32.2. The van der Waals surface area contributed by atoms with Crippen LogP contribution in [0.2, 0.25) is 0 Å². The quantitative estimate of drug-likeness (QED) is 0.711. The van der Waals surface area contributed by atoms with E-state index in [0.717, 1.165) is 18.5 Å². The number of para-hydroxylation sites is 1. The van der Waals surface area contributed by atoms with Gasteiger partial charge in [-0.2, -0.15) is 0 Å². The van der Waals surface area contributed by atoms with Crippen LogP contribution in [-0.2, 0) is 15.4 Å². The summed E-state index contributed by atoms with van der Waals surface area (Å²) in [5.41, 5.74) is 2.67. The van der Waals surface area contributed by atoms with Gasteiger partial charge in [0.1, 0.15) is 0 Å². The van der Waals surface area contributed by atoms with E-state index in [9.17, 15) is 13.2 Å². The Kier molecular flexibility index (Phi) is 4.84. The van der Waals surface area contributed by atoms with E-state index in [1.807, 2.05) is 17.0 Å². The summed E-state index contributed by atoms with van der Waals surface area (Å²) in [4.78, 5) is 15.6. The fourth-order valence-corrected chi connectivity index (χ4v) is 7.05. The summed E-state index contributed by atoms with van der Waals surface area (Å²) in [6.45, 7) is 6.08. The maximum Gasteiger partial charge on any atom is 0.258 e. The normalized spacial score (nSPS) is 21.0. The zero-order chi connectivity index (χ0) is 22.8. The van der Waals surface area contributed by atoms with Crippen LogP contribution in [0.5, 0.6) is 0 Å². The minimum absolute atomic E-state index is 0.0254. The first-order chi connectivity index (χ1) is 15.0. The molecule has 5 nitrogen and oxygen atoms in total. The number of carbonyl (C=O) groups is 1. The van der Waals surface area contributed by atoms with Crippen LogP contribution >= 0.6 is 0 Å². The van der Waals surface area contributed by atoms with E-state index in [4.69, 9.17) is 0 Å². The molecule has 1 N–H and O–H groups in total. The predicted molar refractivity (Wildman–Crippen MR) is 126 cm³/mol. The van der Waals surface area contributed by atoms with E-state index in [1.165, 1.54) is 37.3 Å². The Morgan fingerprint density at radius 3 is 2.25 bits per heavy atom. The first-order valence-corrected chi connectivity index (χ1v) is 13.1. The smallest absolute Gasteiger partial charge is 0.258 e. The molecule has 0 bridgehead atoms. The van der Waals surface area contributed by atoms with E-state index in [-0.39, 0.29) is 16.2 Å². The fraction of sp³-hybridized carbons (Fsp3) is 0.500. The Morgan fingerprint density at radius 2 is 1.59 bits per heavy atom. The molecule has 2 fully saturated rings. The monoisotopic (exact) mass is 452 g/mol. The molecule has 2 aromatic carbocycles. The summed E-state index contributed by atoms with van der Waals surface area (Å²) in [7, 11) is -3.71. The van der Waals surface area contributed by atoms with Crippen LogP contribution in [0, 0.1) is 5.41 Å². The fourth-order valence-electron chi connectivity index (χ4n) is 5.59. The van der Waals surface area contributed by atoms with Crippen LogP contribution < -0.4 is 9.62 Å². The third-order valence-corrected chi connectivity index (χ3v) is 9.28. The van der Waals surface area contributed by atoms with Gasteiger partial charge in [0.15, 0.2) is 0 Å². The molecule has 0 aromatic heterocycles. The van der Waals surface area contributed by atoms with Gasteiger partial charge in [0, 0.05) is 28.7 Å². The van der Waals surface area contributed by atoms with Gasteiger partial charge in [-0.25, -0.2) is 13.1 Å². The number of hydrogen-bond acceptors (Lipinski definition) is 3. The third-order valence-electron chi connectivity index (χ3n) is 7.53. The number of sulfonamides is 1. The summed E-state index contributed by atoms with van der Waals surface area (Å²) in [6.07, 6.45) is 7.45. The van der Waals surface area contributed by atoms with Crippen LogP contribution in [-0.4, -0.2) is 26.4 Å². The van der Waals surface area contributed by atoms with E-state index in [2.05, 4.69) is 16.9 Å². The largest absolute Gasteiger partial charge is 0.307 e. The molecule has 1 heterocycles. The number of nitrogens with one attached hydrogen (secondary N) is 1. The highest BCUT2D eigenvalue weighted by molar-refractivity contribution is 7.89. The Bertz CT molecular complexity index is 1170. The first-order valence-electron chi connectivity index (χ1n) is 11.6. The second kappa shape index (κ2) is 7.16. The molecule has 2 aromatic rings. The van der Waals surface area contributed by atoms with E-state index in [0.29, 0.717) is 17.5 Å². The SMILES string of the molecule is CC(C)(C)NS(=O)(=O)c1cccc(C(=O)N2CC3(CCC4(CC4)CC3)c3ccccc32)c1. The molecular weight excluding hydrogens is 420 g/mol. The maximum atomic E-state index is 13.7. The standard InChI is InChI=1S/C26H32N2O3S/c1-24(2,3)27-32(30,31)20-8-6-7-19(17-20)23(29)28-18-26(21-9-4-5-10-22(21)28)15-13-25(11-12-25)14-16-26/h4-10,17,27H,11-16,18H2,1-3H3. The van der Waals surface area contributed by atoms with Crippen molar-refractivity contribution in [1.82, 2.24) is 4.72 Å². The molecular formula is C26H32N2O3S. The lowest BCUT2D eigenvalue weighted by molar-refractivity contribution is 0.0980. The molecule has 2 saturated carbocycles. The number of benzene rings is 2. The van der Waals surface area contributed by atoms with Gasteiger partial charge in [-0.15, -0.1) is 0 Å². The minimum Gasteiger partial charge on any atom is -0.307 e. The molecule has 2 spiro atoms. The van der Waals surface area contributed by atoms with Crippen molar-refractivity contribution >= 4 is 21.6 Å². The van der Waals surface area contributed by atoms with Crippen molar-refractivity contribution in [2.75, 3.05) is 11.4 Å². The summed E-state index contributed by atoms with van der Waals surface area (Å²) in [5.74, 6) is -0.131. The molecule has 2 aliphatic carbocycles. The number of carbonyl (C=O) groups excluding carboxylic acids is 1. The Labute approximate surface area is 191 Å². The molecule has 170 valence electrons. The lowest BCUT2D eigenvalue weighted by Crippen LogP contribution is -2.41. The van der Waals surface area contributed by atoms with E-state index < -0.39 is 15.6 Å². The lowest BCUT2D eigenvalue weighted by Gasteiger charge is -2.38. The van der Waals surface area contributed by atoms with Crippen LogP contribution in [0.4, 0.5) is 5.69 Å². The number of fused-ring (bicyclic) bond motifs is 2. The first kappa shape index (κ1) is 21.7. The molecule has 0 radical (unpaired) electrons. The molecule has 3 aliphatic rings. The number of rotatable bonds is 3. The van der Waals surface area contributed by atoms with Crippen molar-refractivity contribution in [3.8, 4) is 0 Å². The minimum atomic E-state index is -3.71. The molecule has 5 rings (SSSR count). The molecule has 0 saturated heterocycles. The lowest BCUT2D eigenvalue weighted by atomic mass is 9.66. The van der Waals surface area contributed by atoms with Gasteiger partial charge in [0.2, 0.25) is 10.0 Å². The average molecular weight is 453 g/mol. The average Bonchev–Trinajstić information content (AvgIpc) is 3.44. The highest BCUT2D eigenvalue weighted by Crippen LogP contribution is 2.62. The van der Waals surface area contributed by atoms with Gasteiger partial charge in [0.25, 0.3) is 5.91 Å². The highest BCUT2D eigenvalue weighted by Gasteiger charge is 2.53. The van der Waals surface area contributed by atoms with E-state index in [1.54, 1.807) is 39.0 Å². The van der Waals surface area contributed by atoms with Gasteiger partial charge < -0.3 is 4.90 Å². The van der Waals surface area contributed by atoms with Crippen molar-refractivity contribution in [3.63, 3.8) is 0 Å². The second-order valence-electron chi connectivity index (χ2n) is 11.1. The van der Waals surface area contributed by atoms with E-state index >= 15 is 0 Å². The zero-order valence-corrected chi connectivity index (χ0v) is 20.0. The summed E-state index contributed by atoms with van der Waals surface area (Å²) in [5, 5.41) is 0. The van der Waals surface area contributed by atoms with Gasteiger partial charge in [-0.3, -0.25) is 4.79 Å². The van der Waals surface area contributed by atoms with Gasteiger partial charge in [-0.1, -0.05) is 24.3 Å². The zero-order valence-electron chi connectivity index (χ0n) is 19.1. The summed E-state index contributed by atoms with van der Waals surface area (Å²) >= 11 is 0. The Balaban J connectivity index is 1.45. The second-order valence-corrected chi connectivity index (χ2v) is 12.8. The van der Waals surface area contributed by atoms with Crippen molar-refractivity contribution in [3.05, 3.63) is 59.7 Å². The third kappa shape index (κ3) is 3.77. The topological polar surface area (TPSA) is 66.5 Å². The molecule has 6 heteroatoms. The predicted octanol–water partition coefficient (Wildman–Crippen LogP) is 5.02. The molecule has 0 atom stereocenters. The molecule has 32 heavy (non-hydrogen) atoms. The van der Waals surface area contributed by atoms with Crippen LogP contribution in [0.15, 0.2) is 53.4 Å². The van der Waals surface area contributed by atoms with Gasteiger partial charge in [0.05, 0.1) is 4.90 Å². The summed E-state index contributed by atoms with van der Waals surface area (Å²) in [6, 6.07) is 14.7.